The molecule has 2 atom stereocenters. The van der Waals surface area contributed by atoms with E-state index in [-0.39, 0.29) is 24.5 Å². The minimum Gasteiger partial charge on any atom is -0.445 e. The molecule has 1 aliphatic rings. The fourth-order valence-electron chi connectivity index (χ4n) is 3.69. The monoisotopic (exact) mass is 381 g/mol. The molecule has 1 amide bonds. The summed E-state index contributed by atoms with van der Waals surface area (Å²) in [7, 11) is 0. The van der Waals surface area contributed by atoms with Gasteiger partial charge in [0.25, 0.3) is 5.91 Å². The van der Waals surface area contributed by atoms with Gasteiger partial charge in [-0.3, -0.25) is 4.79 Å². The summed E-state index contributed by atoms with van der Waals surface area (Å²) < 4.78 is 5.76. The van der Waals surface area contributed by atoms with Gasteiger partial charge in [-0.05, 0) is 38.8 Å². The van der Waals surface area contributed by atoms with Crippen molar-refractivity contribution in [2.24, 2.45) is 0 Å². The third-order valence-corrected chi connectivity index (χ3v) is 5.32. The predicted molar refractivity (Wildman–Crippen MR) is 101 cm³/mol. The molecule has 1 N–H and O–H groups in total. The average Bonchev–Trinajstić information content (AvgIpc) is 3.37. The summed E-state index contributed by atoms with van der Waals surface area (Å²) in [5.41, 5.74) is 1.77. The van der Waals surface area contributed by atoms with Gasteiger partial charge in [0.05, 0.1) is 36.2 Å². The molecule has 1 saturated heterocycles. The van der Waals surface area contributed by atoms with Gasteiger partial charge in [-0.2, -0.15) is 15.0 Å². The zero-order valence-corrected chi connectivity index (χ0v) is 15.9. The summed E-state index contributed by atoms with van der Waals surface area (Å²) in [5, 5.41) is 17.7. The summed E-state index contributed by atoms with van der Waals surface area (Å²) >= 11 is 0. The fourth-order valence-corrected chi connectivity index (χ4v) is 3.69. The lowest BCUT2D eigenvalue weighted by atomic mass is 9.92. The molecule has 0 aliphatic carbocycles. The summed E-state index contributed by atoms with van der Waals surface area (Å²) in [4.78, 5) is 21.2. The molecule has 1 fully saturated rings. The maximum Gasteiger partial charge on any atom is 0.256 e. The molecule has 0 bridgehead atoms. The Hall–Kier alpha value is -3.00. The van der Waals surface area contributed by atoms with E-state index in [0.29, 0.717) is 35.1 Å². The Morgan fingerprint density at radius 2 is 2.00 bits per heavy atom. The van der Waals surface area contributed by atoms with E-state index in [9.17, 15) is 9.90 Å². The zero-order chi connectivity index (χ0) is 19.7. The van der Waals surface area contributed by atoms with Crippen LogP contribution in [0.4, 0.5) is 0 Å². The molecule has 0 saturated carbocycles. The summed E-state index contributed by atoms with van der Waals surface area (Å²) in [6.45, 7) is 4.23. The van der Waals surface area contributed by atoms with Gasteiger partial charge in [-0.25, -0.2) is 4.98 Å². The highest BCUT2D eigenvalue weighted by Gasteiger charge is 2.34. The Balaban J connectivity index is 1.62. The number of carbonyl (C=O) groups is 1. The number of hydrogen-bond acceptors (Lipinski definition) is 6. The third-order valence-electron chi connectivity index (χ3n) is 5.32. The number of nitrogens with zero attached hydrogens (tertiary/aromatic N) is 5. The Morgan fingerprint density at radius 3 is 2.71 bits per heavy atom. The highest BCUT2D eigenvalue weighted by atomic mass is 16.4. The Bertz CT molecular complexity index is 966. The van der Waals surface area contributed by atoms with Gasteiger partial charge in [-0.1, -0.05) is 12.1 Å². The average molecular weight is 381 g/mol. The maximum absolute atomic E-state index is 13.4. The molecule has 1 aromatic carbocycles. The molecular formula is C20H23N5O3. The number of piperidine rings is 1. The maximum atomic E-state index is 13.4. The number of carbonyl (C=O) groups excluding carboxylic acids is 1. The lowest BCUT2D eigenvalue weighted by molar-refractivity contribution is 0.0596. The Morgan fingerprint density at radius 1 is 1.25 bits per heavy atom. The standard InChI is InChI=1S/C20H23N5O3/c1-13-7-8-15(19-23-17(12-26)14(2)28-19)11-24(13)20(27)16-5-3-4-6-18(16)25-21-9-10-22-25/h3-6,9-10,13,15,26H,7-8,11-12H2,1-2H3. The second-order valence-electron chi connectivity index (χ2n) is 7.13. The van der Waals surface area contributed by atoms with E-state index in [0.717, 1.165) is 12.8 Å². The number of aliphatic hydroxyl groups excluding tert-OH is 1. The minimum atomic E-state index is -0.147. The largest absolute Gasteiger partial charge is 0.445 e. The van der Waals surface area contributed by atoms with Gasteiger partial charge in [-0.15, -0.1) is 0 Å². The van der Waals surface area contributed by atoms with Crippen LogP contribution in [0.2, 0.25) is 0 Å². The van der Waals surface area contributed by atoms with Crippen molar-refractivity contribution in [3.8, 4) is 5.69 Å². The lowest BCUT2D eigenvalue weighted by Gasteiger charge is -2.37. The number of aromatic nitrogens is 4. The van der Waals surface area contributed by atoms with Gasteiger partial charge < -0.3 is 14.4 Å². The van der Waals surface area contributed by atoms with Crippen LogP contribution in [0, 0.1) is 6.92 Å². The van der Waals surface area contributed by atoms with Crippen molar-refractivity contribution >= 4 is 5.91 Å². The van der Waals surface area contributed by atoms with Crippen LogP contribution in [0.15, 0.2) is 41.1 Å². The fraction of sp³-hybridized carbons (Fsp3) is 0.400. The number of benzene rings is 1. The molecule has 8 heteroatoms. The second-order valence-corrected chi connectivity index (χ2v) is 7.13. The van der Waals surface area contributed by atoms with Gasteiger partial charge in [0.15, 0.2) is 5.89 Å². The van der Waals surface area contributed by atoms with Gasteiger partial charge in [0.1, 0.15) is 11.5 Å². The Kier molecular flexibility index (Phi) is 4.95. The van der Waals surface area contributed by atoms with Gasteiger partial charge in [0.2, 0.25) is 0 Å². The minimum absolute atomic E-state index is 0.00846. The summed E-state index contributed by atoms with van der Waals surface area (Å²) in [5.74, 6) is 1.17. The highest BCUT2D eigenvalue weighted by molar-refractivity contribution is 5.98. The number of aryl methyl sites for hydroxylation is 1. The van der Waals surface area contributed by atoms with Crippen molar-refractivity contribution in [3.05, 3.63) is 59.6 Å². The van der Waals surface area contributed by atoms with Crippen LogP contribution >= 0.6 is 0 Å². The molecule has 4 rings (SSSR count). The van der Waals surface area contributed by atoms with Crippen LogP contribution in [0.5, 0.6) is 0 Å². The molecule has 1 aliphatic heterocycles. The highest BCUT2D eigenvalue weighted by Crippen LogP contribution is 2.32. The summed E-state index contributed by atoms with van der Waals surface area (Å²) in [6, 6.07) is 7.46. The van der Waals surface area contributed by atoms with Crippen LogP contribution < -0.4 is 0 Å². The number of amides is 1. The van der Waals surface area contributed by atoms with Crippen molar-refractivity contribution in [2.45, 2.75) is 45.3 Å². The molecular weight excluding hydrogens is 358 g/mol. The topological polar surface area (TPSA) is 97.3 Å². The molecule has 2 unspecified atom stereocenters. The molecule has 0 spiro atoms. The molecule has 146 valence electrons. The number of likely N-dealkylation sites (tertiary alicyclic amines) is 1. The van der Waals surface area contributed by atoms with Gasteiger partial charge >= 0.3 is 0 Å². The number of para-hydroxylation sites is 1. The third kappa shape index (κ3) is 3.31. The predicted octanol–water partition coefficient (Wildman–Crippen LogP) is 2.46. The summed E-state index contributed by atoms with van der Waals surface area (Å²) in [6.07, 6.45) is 4.92. The van der Waals surface area contributed by atoms with Crippen LogP contribution in [-0.4, -0.2) is 48.5 Å². The number of aliphatic hydroxyl groups is 1. The zero-order valence-electron chi connectivity index (χ0n) is 15.9. The van der Waals surface area contributed by atoms with Crippen molar-refractivity contribution in [1.29, 1.82) is 0 Å². The van der Waals surface area contributed by atoms with E-state index in [2.05, 4.69) is 22.1 Å². The van der Waals surface area contributed by atoms with Crippen molar-refractivity contribution in [1.82, 2.24) is 24.9 Å². The van der Waals surface area contributed by atoms with E-state index < -0.39 is 0 Å². The van der Waals surface area contributed by atoms with Crippen LogP contribution in [-0.2, 0) is 6.61 Å². The molecule has 8 nitrogen and oxygen atoms in total. The van der Waals surface area contributed by atoms with Gasteiger partial charge in [0, 0.05) is 12.6 Å². The van der Waals surface area contributed by atoms with Crippen molar-refractivity contribution in [2.75, 3.05) is 6.54 Å². The molecule has 0 radical (unpaired) electrons. The SMILES string of the molecule is Cc1oc(C2CCC(C)N(C(=O)c3ccccc3-n3nccn3)C2)nc1CO. The van der Waals surface area contributed by atoms with Crippen molar-refractivity contribution < 1.29 is 14.3 Å². The van der Waals surface area contributed by atoms with Crippen LogP contribution in [0.25, 0.3) is 5.69 Å². The van der Waals surface area contributed by atoms with E-state index in [4.69, 9.17) is 4.42 Å². The first-order chi connectivity index (χ1) is 13.6. The first-order valence-electron chi connectivity index (χ1n) is 9.42. The van der Waals surface area contributed by atoms with Crippen molar-refractivity contribution in [3.63, 3.8) is 0 Å². The van der Waals surface area contributed by atoms with Crippen LogP contribution in [0.1, 0.15) is 53.4 Å². The molecule has 28 heavy (non-hydrogen) atoms. The smallest absolute Gasteiger partial charge is 0.256 e. The van der Waals surface area contributed by atoms with E-state index >= 15 is 0 Å². The normalized spacial score (nSPS) is 19.8. The molecule has 3 aromatic rings. The number of hydrogen-bond donors (Lipinski definition) is 1. The van der Waals surface area contributed by atoms with E-state index in [1.54, 1.807) is 25.4 Å². The molecule has 3 heterocycles. The quantitative estimate of drug-likeness (QED) is 0.746. The second kappa shape index (κ2) is 7.55. The van der Waals surface area contributed by atoms with E-state index in [1.807, 2.05) is 23.1 Å². The van der Waals surface area contributed by atoms with E-state index in [1.165, 1.54) is 4.80 Å². The first kappa shape index (κ1) is 18.4. The number of oxazole rings is 1. The Labute approximate surface area is 162 Å². The lowest BCUT2D eigenvalue weighted by Crippen LogP contribution is -2.45. The first-order valence-corrected chi connectivity index (χ1v) is 9.42. The number of rotatable bonds is 4. The van der Waals surface area contributed by atoms with Crippen LogP contribution in [0.3, 0.4) is 0 Å². The molecule has 2 aromatic heterocycles.